The number of rotatable bonds is 7. The van der Waals surface area contributed by atoms with Crippen molar-refractivity contribution in [3.63, 3.8) is 0 Å². The Kier molecular flexibility index (Phi) is 5.75. The lowest BCUT2D eigenvalue weighted by Crippen LogP contribution is -2.29. The molecule has 1 aliphatic rings. The summed E-state index contributed by atoms with van der Waals surface area (Å²) in [5.41, 5.74) is 10.4. The first kappa shape index (κ1) is 20.8. The van der Waals surface area contributed by atoms with E-state index in [-0.39, 0.29) is 5.41 Å². The fourth-order valence-corrected chi connectivity index (χ4v) is 4.63. The molecule has 1 aliphatic heterocycles. The average molecular weight is 424 g/mol. The third-order valence-corrected chi connectivity index (χ3v) is 6.14. The Morgan fingerprint density at radius 1 is 1.37 bits per heavy atom. The summed E-state index contributed by atoms with van der Waals surface area (Å²) in [5.74, 6) is 1.41. The van der Waals surface area contributed by atoms with Gasteiger partial charge in [-0.15, -0.1) is 0 Å². The molecule has 3 heterocycles. The van der Waals surface area contributed by atoms with Gasteiger partial charge in [-0.25, -0.2) is 9.97 Å². The Morgan fingerprint density at radius 3 is 2.97 bits per heavy atom. The molecule has 7 heteroatoms. The number of benzene rings is 1. The van der Waals surface area contributed by atoms with Crippen LogP contribution in [0.2, 0.25) is 0 Å². The molecule has 3 N–H and O–H groups in total. The molecular weight excluding hydrogens is 394 g/mol. The summed E-state index contributed by atoms with van der Waals surface area (Å²) < 4.78 is 8.00. The monoisotopic (exact) mass is 423 g/mol. The minimum atomic E-state index is 0.242. The normalized spacial score (nSPS) is 13.4. The average Bonchev–Trinajstić information content (AvgIpc) is 3.29. The minimum absolute atomic E-state index is 0.242. The van der Waals surface area contributed by atoms with E-state index in [9.17, 15) is 0 Å². The van der Waals surface area contributed by atoms with Gasteiger partial charge in [0.2, 0.25) is 0 Å². The molecule has 0 amide bonds. The van der Waals surface area contributed by atoms with Crippen LogP contribution in [-0.4, -0.2) is 34.2 Å². The number of fused-ring (bicyclic) bond motifs is 2. The Labute approximate surface area is 181 Å². The fourth-order valence-electron chi connectivity index (χ4n) is 3.57. The van der Waals surface area contributed by atoms with Crippen LogP contribution in [0.5, 0.6) is 5.75 Å². The molecule has 3 aromatic rings. The molecule has 158 valence electrons. The van der Waals surface area contributed by atoms with E-state index >= 15 is 0 Å². The third-order valence-electron chi connectivity index (χ3n) is 5.07. The van der Waals surface area contributed by atoms with E-state index in [1.807, 2.05) is 12.1 Å². The van der Waals surface area contributed by atoms with Crippen molar-refractivity contribution in [2.24, 2.45) is 5.41 Å². The van der Waals surface area contributed by atoms with Crippen LogP contribution in [0.3, 0.4) is 0 Å². The van der Waals surface area contributed by atoms with E-state index in [2.05, 4.69) is 54.4 Å². The number of imidazole rings is 1. The van der Waals surface area contributed by atoms with E-state index < -0.39 is 0 Å². The lowest BCUT2D eigenvalue weighted by atomic mass is 9.97. The van der Waals surface area contributed by atoms with Gasteiger partial charge < -0.3 is 20.4 Å². The van der Waals surface area contributed by atoms with Crippen molar-refractivity contribution in [2.45, 2.75) is 43.8 Å². The Bertz CT molecular complexity index is 1080. The van der Waals surface area contributed by atoms with Crippen molar-refractivity contribution < 1.29 is 4.74 Å². The molecule has 30 heavy (non-hydrogen) atoms. The number of hydrogen-bond donors (Lipinski definition) is 2. The van der Waals surface area contributed by atoms with E-state index in [0.717, 1.165) is 65.1 Å². The summed E-state index contributed by atoms with van der Waals surface area (Å²) in [5, 5.41) is 4.44. The van der Waals surface area contributed by atoms with Gasteiger partial charge in [0.1, 0.15) is 11.3 Å². The van der Waals surface area contributed by atoms with Crippen LogP contribution < -0.4 is 15.8 Å². The van der Waals surface area contributed by atoms with Gasteiger partial charge in [-0.1, -0.05) is 45.2 Å². The first-order valence-corrected chi connectivity index (χ1v) is 11.1. The minimum Gasteiger partial charge on any atom is -0.493 e. The second kappa shape index (κ2) is 8.32. The predicted octanol–water partition coefficient (Wildman–Crippen LogP) is 4.38. The highest BCUT2D eigenvalue weighted by molar-refractivity contribution is 7.99. The number of aromatic nitrogens is 3. The highest BCUT2D eigenvalue weighted by atomic mass is 32.2. The van der Waals surface area contributed by atoms with Gasteiger partial charge in [0.05, 0.1) is 12.1 Å². The van der Waals surface area contributed by atoms with Crippen LogP contribution in [0.1, 0.15) is 31.9 Å². The summed E-state index contributed by atoms with van der Waals surface area (Å²) in [6.45, 7) is 14.0. The maximum atomic E-state index is 6.13. The molecular formula is C23H29N5OS. The van der Waals surface area contributed by atoms with Crippen LogP contribution in [0.4, 0.5) is 5.82 Å². The Morgan fingerprint density at radius 2 is 2.20 bits per heavy atom. The van der Waals surface area contributed by atoms with Crippen molar-refractivity contribution >= 4 is 34.7 Å². The highest BCUT2D eigenvalue weighted by Crippen LogP contribution is 2.38. The lowest BCUT2D eigenvalue weighted by molar-refractivity contribution is 0.356. The van der Waals surface area contributed by atoms with Crippen molar-refractivity contribution in [2.75, 3.05) is 25.4 Å². The molecule has 0 unspecified atom stereocenters. The number of pyridine rings is 1. The SMILES string of the molecule is C=Cc1cc2c(cc1Sc1nc3c(N)nccc3n1CCNCC(C)(C)C)OCC2. The van der Waals surface area contributed by atoms with Gasteiger partial charge in [-0.2, -0.15) is 0 Å². The Hall–Kier alpha value is -2.51. The summed E-state index contributed by atoms with van der Waals surface area (Å²) >= 11 is 1.62. The maximum Gasteiger partial charge on any atom is 0.174 e. The molecule has 6 nitrogen and oxygen atoms in total. The zero-order valence-corrected chi connectivity index (χ0v) is 18.7. The Balaban J connectivity index is 1.67. The van der Waals surface area contributed by atoms with Crippen LogP contribution in [0.25, 0.3) is 17.1 Å². The molecule has 0 fully saturated rings. The van der Waals surface area contributed by atoms with Gasteiger partial charge in [-0.05, 0) is 34.7 Å². The topological polar surface area (TPSA) is 78.0 Å². The van der Waals surface area contributed by atoms with E-state index in [1.165, 1.54) is 5.56 Å². The lowest BCUT2D eigenvalue weighted by Gasteiger charge is -2.19. The van der Waals surface area contributed by atoms with Gasteiger partial charge >= 0.3 is 0 Å². The predicted molar refractivity (Wildman–Crippen MR) is 124 cm³/mol. The van der Waals surface area contributed by atoms with Crippen molar-refractivity contribution in [1.82, 2.24) is 19.9 Å². The summed E-state index contributed by atoms with van der Waals surface area (Å²) in [6, 6.07) is 6.26. The van der Waals surface area contributed by atoms with Crippen LogP contribution >= 0.6 is 11.8 Å². The number of nitrogens with two attached hydrogens (primary N) is 1. The second-order valence-electron chi connectivity index (χ2n) is 8.75. The number of nitrogen functional groups attached to an aromatic ring is 1. The van der Waals surface area contributed by atoms with Gasteiger partial charge in [0.15, 0.2) is 11.0 Å². The number of nitrogens with zero attached hydrogens (tertiary/aromatic N) is 3. The van der Waals surface area contributed by atoms with Crippen LogP contribution in [0, 0.1) is 5.41 Å². The highest BCUT2D eigenvalue weighted by Gasteiger charge is 2.19. The smallest absolute Gasteiger partial charge is 0.174 e. The molecule has 0 radical (unpaired) electrons. The molecule has 0 atom stereocenters. The molecule has 0 saturated carbocycles. The maximum absolute atomic E-state index is 6.13. The number of hydrogen-bond acceptors (Lipinski definition) is 6. The van der Waals surface area contributed by atoms with Gasteiger partial charge in [0, 0.05) is 37.1 Å². The standard InChI is InChI=1S/C23H29N5OS/c1-5-15-12-16-7-11-29-18(16)13-19(15)30-22-27-20-17(6-8-26-21(20)24)28(22)10-9-25-14-23(2,3)4/h5-6,8,12-13,25H,1,7,9-11,14H2,2-4H3,(H2,24,26). The molecule has 0 saturated heterocycles. The summed E-state index contributed by atoms with van der Waals surface area (Å²) in [6.07, 6.45) is 4.58. The van der Waals surface area contributed by atoms with Crippen molar-refractivity contribution in [1.29, 1.82) is 0 Å². The second-order valence-corrected chi connectivity index (χ2v) is 9.76. The summed E-state index contributed by atoms with van der Waals surface area (Å²) in [7, 11) is 0. The largest absolute Gasteiger partial charge is 0.493 e. The first-order chi connectivity index (χ1) is 14.4. The van der Waals surface area contributed by atoms with Gasteiger partial charge in [-0.3, -0.25) is 0 Å². The molecule has 2 aromatic heterocycles. The summed E-state index contributed by atoms with van der Waals surface area (Å²) in [4.78, 5) is 10.1. The van der Waals surface area contributed by atoms with E-state index in [0.29, 0.717) is 5.82 Å². The number of anilines is 1. The van der Waals surface area contributed by atoms with E-state index in [4.69, 9.17) is 15.5 Å². The van der Waals surface area contributed by atoms with Crippen molar-refractivity contribution in [3.05, 3.63) is 42.1 Å². The molecule has 0 aliphatic carbocycles. The van der Waals surface area contributed by atoms with Crippen molar-refractivity contribution in [3.8, 4) is 5.75 Å². The number of nitrogens with one attached hydrogen (secondary N) is 1. The third kappa shape index (κ3) is 4.32. The first-order valence-electron chi connectivity index (χ1n) is 10.3. The van der Waals surface area contributed by atoms with Crippen LogP contribution in [0.15, 0.2) is 41.0 Å². The molecule has 1 aromatic carbocycles. The number of ether oxygens (including phenoxy) is 1. The zero-order valence-electron chi connectivity index (χ0n) is 17.9. The zero-order chi connectivity index (χ0) is 21.3. The van der Waals surface area contributed by atoms with E-state index in [1.54, 1.807) is 18.0 Å². The van der Waals surface area contributed by atoms with Crippen LogP contribution in [-0.2, 0) is 13.0 Å². The molecule has 0 bridgehead atoms. The fraction of sp³-hybridized carbons (Fsp3) is 0.391. The molecule has 0 spiro atoms. The quantitative estimate of drug-likeness (QED) is 0.549. The van der Waals surface area contributed by atoms with Gasteiger partial charge in [0.25, 0.3) is 0 Å². The molecule has 4 rings (SSSR count).